The van der Waals surface area contributed by atoms with Gasteiger partial charge in [-0.2, -0.15) is 0 Å². The van der Waals surface area contributed by atoms with E-state index < -0.39 is 5.41 Å². The van der Waals surface area contributed by atoms with E-state index in [1.165, 1.54) is 11.3 Å². The zero-order chi connectivity index (χ0) is 27.1. The maximum Gasteiger partial charge on any atom is 0.232 e. The summed E-state index contributed by atoms with van der Waals surface area (Å²) in [5.41, 5.74) is 6.33. The Kier molecular flexibility index (Phi) is 6.31. The summed E-state index contributed by atoms with van der Waals surface area (Å²) in [6, 6.07) is 24.3. The molecule has 7 heteroatoms. The molecule has 0 atom stereocenters. The van der Waals surface area contributed by atoms with Gasteiger partial charge in [0.25, 0.3) is 0 Å². The van der Waals surface area contributed by atoms with E-state index in [0.29, 0.717) is 11.6 Å². The SMILES string of the molecule is Cc1noc(C)c1-c1ccc(Cc2csc(NC(=O)C(C)(C)C3c4ccccc4Oc4ccccc43)n2)cc1. The molecule has 3 heterocycles. The summed E-state index contributed by atoms with van der Waals surface area (Å²) < 4.78 is 11.5. The molecule has 0 unspecified atom stereocenters. The summed E-state index contributed by atoms with van der Waals surface area (Å²) in [6.45, 7) is 7.85. The number of benzene rings is 3. The number of aryl methyl sites for hydroxylation is 2. The molecule has 0 saturated heterocycles. The topological polar surface area (TPSA) is 77.2 Å². The minimum absolute atomic E-state index is 0.0799. The summed E-state index contributed by atoms with van der Waals surface area (Å²) in [5.74, 6) is 2.16. The zero-order valence-electron chi connectivity index (χ0n) is 22.3. The highest BCUT2D eigenvalue weighted by Crippen LogP contribution is 2.52. The van der Waals surface area contributed by atoms with Gasteiger partial charge in [-0.1, -0.05) is 79.7 Å². The first-order valence-electron chi connectivity index (χ1n) is 12.9. The molecule has 1 amide bonds. The highest BCUT2D eigenvalue weighted by Gasteiger charge is 2.43. The van der Waals surface area contributed by atoms with Crippen LogP contribution in [-0.2, 0) is 11.2 Å². The third-order valence-corrected chi connectivity index (χ3v) is 8.23. The van der Waals surface area contributed by atoms with Crippen molar-refractivity contribution in [3.63, 3.8) is 0 Å². The van der Waals surface area contributed by atoms with Crippen LogP contribution in [0.15, 0.2) is 82.7 Å². The number of hydrogen-bond donors (Lipinski definition) is 1. The zero-order valence-corrected chi connectivity index (χ0v) is 23.1. The van der Waals surface area contributed by atoms with Crippen molar-refractivity contribution in [2.75, 3.05) is 5.32 Å². The monoisotopic (exact) mass is 535 g/mol. The van der Waals surface area contributed by atoms with Gasteiger partial charge in [-0.05, 0) is 37.1 Å². The molecule has 2 aromatic heterocycles. The molecule has 0 spiro atoms. The van der Waals surface area contributed by atoms with Crippen LogP contribution in [0.2, 0.25) is 0 Å². The smallest absolute Gasteiger partial charge is 0.232 e. The number of aromatic nitrogens is 2. The average Bonchev–Trinajstić information content (AvgIpc) is 3.52. The van der Waals surface area contributed by atoms with Gasteiger partial charge in [0.05, 0.1) is 16.8 Å². The number of carbonyl (C=O) groups excluding carboxylic acids is 1. The fraction of sp³-hybridized carbons (Fsp3) is 0.219. The lowest BCUT2D eigenvalue weighted by atomic mass is 9.69. The van der Waals surface area contributed by atoms with Crippen molar-refractivity contribution in [2.24, 2.45) is 5.41 Å². The molecule has 3 aromatic carbocycles. The summed E-state index contributed by atoms with van der Waals surface area (Å²) in [7, 11) is 0. The number of ether oxygens (including phenoxy) is 1. The number of fused-ring (bicyclic) bond motifs is 2. The summed E-state index contributed by atoms with van der Waals surface area (Å²) in [4.78, 5) is 18.5. The van der Waals surface area contributed by atoms with Crippen molar-refractivity contribution in [1.82, 2.24) is 10.1 Å². The van der Waals surface area contributed by atoms with Crippen LogP contribution in [0.5, 0.6) is 11.5 Å². The minimum Gasteiger partial charge on any atom is -0.457 e. The molecule has 0 radical (unpaired) electrons. The van der Waals surface area contributed by atoms with Gasteiger partial charge in [0.2, 0.25) is 5.91 Å². The standard InChI is InChI=1S/C32H29N3O3S/c1-19-28(20(2)38-35-19)22-15-13-21(14-16-22)17-23-18-39-31(33-23)34-30(36)32(3,4)29-24-9-5-7-11-26(24)37-27-12-8-6-10-25(27)29/h5-16,18,29H,17H2,1-4H3,(H,33,34,36). The van der Waals surface area contributed by atoms with E-state index in [9.17, 15) is 4.79 Å². The normalized spacial score (nSPS) is 12.9. The largest absolute Gasteiger partial charge is 0.457 e. The lowest BCUT2D eigenvalue weighted by Gasteiger charge is -2.38. The predicted molar refractivity (Wildman–Crippen MR) is 154 cm³/mol. The Morgan fingerprint density at radius 1 is 0.949 bits per heavy atom. The number of carbonyl (C=O) groups is 1. The second-order valence-electron chi connectivity index (χ2n) is 10.5. The fourth-order valence-corrected chi connectivity index (χ4v) is 6.12. The molecule has 1 N–H and O–H groups in total. The highest BCUT2D eigenvalue weighted by molar-refractivity contribution is 7.13. The van der Waals surface area contributed by atoms with E-state index in [1.807, 2.05) is 81.6 Å². The van der Waals surface area contributed by atoms with Gasteiger partial charge in [0.15, 0.2) is 5.13 Å². The van der Waals surface area contributed by atoms with E-state index in [0.717, 1.165) is 56.5 Å². The Morgan fingerprint density at radius 2 is 1.59 bits per heavy atom. The first kappa shape index (κ1) is 25.1. The Morgan fingerprint density at radius 3 is 2.21 bits per heavy atom. The molecule has 0 fully saturated rings. The van der Waals surface area contributed by atoms with Crippen LogP contribution in [-0.4, -0.2) is 16.0 Å². The van der Waals surface area contributed by atoms with Crippen molar-refractivity contribution >= 4 is 22.4 Å². The van der Waals surface area contributed by atoms with Crippen LogP contribution in [0.4, 0.5) is 5.13 Å². The first-order chi connectivity index (χ1) is 18.8. The van der Waals surface area contributed by atoms with Gasteiger partial charge in [0, 0.05) is 34.4 Å². The molecule has 196 valence electrons. The van der Waals surface area contributed by atoms with Gasteiger partial charge in [-0.25, -0.2) is 4.98 Å². The van der Waals surface area contributed by atoms with Gasteiger partial charge in [0.1, 0.15) is 17.3 Å². The van der Waals surface area contributed by atoms with Crippen LogP contribution in [0, 0.1) is 19.3 Å². The summed E-state index contributed by atoms with van der Waals surface area (Å²) in [5, 5.41) is 9.76. The van der Waals surface area contributed by atoms with Gasteiger partial charge in [-0.3, -0.25) is 4.79 Å². The van der Waals surface area contributed by atoms with Crippen LogP contribution < -0.4 is 10.1 Å². The molecular weight excluding hydrogens is 506 g/mol. The van der Waals surface area contributed by atoms with Crippen LogP contribution in [0.25, 0.3) is 11.1 Å². The molecule has 0 saturated carbocycles. The van der Waals surface area contributed by atoms with Crippen molar-refractivity contribution in [1.29, 1.82) is 0 Å². The van der Waals surface area contributed by atoms with Gasteiger partial charge < -0.3 is 14.6 Å². The van der Waals surface area contributed by atoms with E-state index in [2.05, 4.69) is 34.7 Å². The number of thiazole rings is 1. The maximum absolute atomic E-state index is 13.7. The van der Waals surface area contributed by atoms with E-state index >= 15 is 0 Å². The number of hydrogen-bond acceptors (Lipinski definition) is 6. The third-order valence-electron chi connectivity index (χ3n) is 7.42. The Labute approximate surface area is 231 Å². The third kappa shape index (κ3) is 4.63. The summed E-state index contributed by atoms with van der Waals surface area (Å²) >= 11 is 1.45. The second kappa shape index (κ2) is 9.82. The second-order valence-corrected chi connectivity index (χ2v) is 11.4. The number of anilines is 1. The molecule has 6 nitrogen and oxygen atoms in total. The van der Waals surface area contributed by atoms with E-state index in [4.69, 9.17) is 14.2 Å². The maximum atomic E-state index is 13.7. The van der Waals surface area contributed by atoms with Crippen molar-refractivity contribution in [2.45, 2.75) is 40.0 Å². The lowest BCUT2D eigenvalue weighted by Crippen LogP contribution is -2.38. The van der Waals surface area contributed by atoms with Gasteiger partial charge in [-0.15, -0.1) is 11.3 Å². The fourth-order valence-electron chi connectivity index (χ4n) is 5.42. The molecule has 1 aliphatic heterocycles. The van der Waals surface area contributed by atoms with E-state index in [1.54, 1.807) is 0 Å². The van der Waals surface area contributed by atoms with Crippen molar-refractivity contribution in [3.05, 3.63) is 112 Å². The Bertz CT molecular complexity index is 1600. The van der Waals surface area contributed by atoms with Gasteiger partial charge >= 0.3 is 0 Å². The molecule has 39 heavy (non-hydrogen) atoms. The van der Waals surface area contributed by atoms with Crippen LogP contribution in [0.3, 0.4) is 0 Å². The number of nitrogens with one attached hydrogen (secondary N) is 1. The molecule has 0 bridgehead atoms. The molecule has 5 aromatic rings. The molecular formula is C32H29N3O3S. The molecule has 1 aliphatic rings. The van der Waals surface area contributed by atoms with Crippen molar-refractivity contribution < 1.29 is 14.1 Å². The number of nitrogens with zero attached hydrogens (tertiary/aromatic N) is 2. The molecule has 6 rings (SSSR count). The average molecular weight is 536 g/mol. The molecule has 0 aliphatic carbocycles. The Hall–Kier alpha value is -4.23. The quantitative estimate of drug-likeness (QED) is 0.239. The van der Waals surface area contributed by atoms with Crippen molar-refractivity contribution in [3.8, 4) is 22.6 Å². The first-order valence-corrected chi connectivity index (χ1v) is 13.8. The van der Waals surface area contributed by atoms with Crippen LogP contribution in [0.1, 0.15) is 53.6 Å². The lowest BCUT2D eigenvalue weighted by molar-refractivity contribution is -0.124. The number of rotatable bonds is 6. The van der Waals surface area contributed by atoms with E-state index in [-0.39, 0.29) is 11.8 Å². The number of para-hydroxylation sites is 2. The minimum atomic E-state index is -0.754. The highest BCUT2D eigenvalue weighted by atomic mass is 32.1. The summed E-state index contributed by atoms with van der Waals surface area (Å²) in [6.07, 6.45) is 0.679. The Balaban J connectivity index is 1.19. The van der Waals surface area contributed by atoms with Crippen LogP contribution >= 0.6 is 11.3 Å². The number of amides is 1. The predicted octanol–water partition coefficient (Wildman–Crippen LogP) is 7.91.